The van der Waals surface area contributed by atoms with Gasteiger partial charge in [0, 0.05) is 11.6 Å². The maximum absolute atomic E-state index is 13.0. The molecule has 0 unspecified atom stereocenters. The predicted molar refractivity (Wildman–Crippen MR) is 120 cm³/mol. The van der Waals surface area contributed by atoms with Gasteiger partial charge >= 0.3 is 0 Å². The van der Waals surface area contributed by atoms with Crippen LogP contribution in [0, 0.1) is 0 Å². The minimum atomic E-state index is -1.78. The lowest BCUT2D eigenvalue weighted by atomic mass is 9.99. The smallest absolute Gasteiger partial charge is 0.238 e. The van der Waals surface area contributed by atoms with Crippen LogP contribution >= 0.6 is 0 Å². The molecule has 13 heteroatoms. The number of aromatic hydroxyl groups is 3. The second-order valence-corrected chi connectivity index (χ2v) is 7.94. The molecule has 3 aromatic rings. The highest BCUT2D eigenvalue weighted by molar-refractivity contribution is 5.93. The molecular formula is C23H24O13. The maximum atomic E-state index is 13.0. The number of phenolic OH excluding ortho intramolecular Hbond substituents is 2. The highest BCUT2D eigenvalue weighted by atomic mass is 16.7. The van der Waals surface area contributed by atoms with Crippen molar-refractivity contribution in [2.24, 2.45) is 0 Å². The molecule has 5 atom stereocenters. The van der Waals surface area contributed by atoms with Gasteiger partial charge in [0.15, 0.2) is 28.6 Å². The van der Waals surface area contributed by atoms with Crippen molar-refractivity contribution < 1.29 is 59.1 Å². The molecule has 0 spiro atoms. The Balaban J connectivity index is 1.85. The van der Waals surface area contributed by atoms with Crippen LogP contribution in [-0.4, -0.2) is 87.3 Å². The van der Waals surface area contributed by atoms with Crippen LogP contribution in [0.5, 0.6) is 34.5 Å². The van der Waals surface area contributed by atoms with Gasteiger partial charge in [-0.15, -0.1) is 0 Å². The minimum absolute atomic E-state index is 0.0726. The molecule has 7 N–H and O–H groups in total. The van der Waals surface area contributed by atoms with Gasteiger partial charge in [-0.3, -0.25) is 4.79 Å². The average Bonchev–Trinajstić information content (AvgIpc) is 2.87. The van der Waals surface area contributed by atoms with Gasteiger partial charge < -0.3 is 59.1 Å². The molecule has 0 radical (unpaired) electrons. The molecule has 1 fully saturated rings. The lowest BCUT2D eigenvalue weighted by Crippen LogP contribution is -2.60. The van der Waals surface area contributed by atoms with E-state index in [1.54, 1.807) is 0 Å². The zero-order valence-corrected chi connectivity index (χ0v) is 19.0. The monoisotopic (exact) mass is 508 g/mol. The Bertz CT molecular complexity index is 1330. The van der Waals surface area contributed by atoms with Crippen LogP contribution in [0.4, 0.5) is 0 Å². The third-order valence-corrected chi connectivity index (χ3v) is 5.80. The number of phenols is 2. The molecule has 4 rings (SSSR count). The van der Waals surface area contributed by atoms with Crippen molar-refractivity contribution in [2.45, 2.75) is 30.7 Å². The summed E-state index contributed by atoms with van der Waals surface area (Å²) in [6.45, 7) is -0.704. The van der Waals surface area contributed by atoms with Crippen LogP contribution in [0.1, 0.15) is 0 Å². The van der Waals surface area contributed by atoms with E-state index in [1.165, 1.54) is 32.4 Å². The van der Waals surface area contributed by atoms with E-state index in [4.69, 9.17) is 23.4 Å². The second kappa shape index (κ2) is 9.72. The van der Waals surface area contributed by atoms with Gasteiger partial charge in [0.2, 0.25) is 23.2 Å². The van der Waals surface area contributed by atoms with E-state index in [9.17, 15) is 40.5 Å². The molecule has 36 heavy (non-hydrogen) atoms. The lowest BCUT2D eigenvalue weighted by Gasteiger charge is -2.39. The van der Waals surface area contributed by atoms with E-state index >= 15 is 0 Å². The topological polar surface area (TPSA) is 209 Å². The quantitative estimate of drug-likeness (QED) is 0.230. The van der Waals surface area contributed by atoms with Crippen LogP contribution in [0.2, 0.25) is 0 Å². The average molecular weight is 508 g/mol. The van der Waals surface area contributed by atoms with Gasteiger partial charge in [-0.25, -0.2) is 0 Å². The van der Waals surface area contributed by atoms with E-state index in [-0.39, 0.29) is 28.2 Å². The van der Waals surface area contributed by atoms with Gasteiger partial charge in [0.1, 0.15) is 35.6 Å². The first kappa shape index (κ1) is 25.3. The molecule has 1 aromatic heterocycles. The molecule has 0 amide bonds. The first-order valence-corrected chi connectivity index (χ1v) is 10.6. The fourth-order valence-electron chi connectivity index (χ4n) is 3.86. The van der Waals surface area contributed by atoms with Crippen molar-refractivity contribution in [3.8, 4) is 45.8 Å². The number of hydrogen-bond donors (Lipinski definition) is 7. The van der Waals surface area contributed by atoms with Crippen molar-refractivity contribution in [1.29, 1.82) is 0 Å². The number of hydrogen-bond acceptors (Lipinski definition) is 13. The van der Waals surface area contributed by atoms with E-state index < -0.39 is 71.3 Å². The fourth-order valence-corrected chi connectivity index (χ4v) is 3.86. The Morgan fingerprint density at radius 2 is 1.58 bits per heavy atom. The van der Waals surface area contributed by atoms with Crippen LogP contribution < -0.4 is 19.6 Å². The van der Waals surface area contributed by atoms with Crippen molar-refractivity contribution in [1.82, 2.24) is 0 Å². The minimum Gasteiger partial charge on any atom is -0.504 e. The van der Waals surface area contributed by atoms with Crippen molar-refractivity contribution in [2.75, 3.05) is 20.8 Å². The Morgan fingerprint density at radius 3 is 2.19 bits per heavy atom. The Kier molecular flexibility index (Phi) is 6.84. The summed E-state index contributed by atoms with van der Waals surface area (Å²) in [5.41, 5.74) is -1.36. The first-order valence-electron chi connectivity index (χ1n) is 10.6. The van der Waals surface area contributed by atoms with E-state index in [0.717, 1.165) is 6.07 Å². The molecule has 0 saturated carbocycles. The van der Waals surface area contributed by atoms with Crippen LogP contribution in [0.25, 0.3) is 22.3 Å². The van der Waals surface area contributed by atoms with Gasteiger partial charge in [-0.2, -0.15) is 0 Å². The Morgan fingerprint density at radius 1 is 0.889 bits per heavy atom. The predicted octanol–water partition coefficient (Wildman–Crippen LogP) is -0.227. The molecular weight excluding hydrogens is 484 g/mol. The normalized spacial score (nSPS) is 24.0. The molecule has 1 saturated heterocycles. The van der Waals surface area contributed by atoms with E-state index in [0.29, 0.717) is 0 Å². The molecule has 0 aliphatic carbocycles. The number of benzene rings is 2. The Labute approximate surface area is 202 Å². The van der Waals surface area contributed by atoms with Crippen molar-refractivity contribution >= 4 is 11.0 Å². The summed E-state index contributed by atoms with van der Waals surface area (Å²) in [6.07, 6.45) is -8.09. The summed E-state index contributed by atoms with van der Waals surface area (Å²) >= 11 is 0. The van der Waals surface area contributed by atoms with E-state index in [2.05, 4.69) is 0 Å². The van der Waals surface area contributed by atoms with Crippen LogP contribution in [0.15, 0.2) is 33.5 Å². The van der Waals surface area contributed by atoms with Gasteiger partial charge in [0.25, 0.3) is 0 Å². The number of ether oxygens (including phenoxy) is 4. The third kappa shape index (κ3) is 4.12. The molecule has 194 valence electrons. The molecule has 2 aromatic carbocycles. The van der Waals surface area contributed by atoms with Gasteiger partial charge in [-0.1, -0.05) is 0 Å². The summed E-state index contributed by atoms with van der Waals surface area (Å²) in [5, 5.41) is 70.8. The lowest BCUT2D eigenvalue weighted by molar-refractivity contribution is -0.277. The molecule has 1 aliphatic rings. The largest absolute Gasteiger partial charge is 0.504 e. The molecule has 0 bridgehead atoms. The van der Waals surface area contributed by atoms with E-state index in [1.807, 2.05) is 0 Å². The summed E-state index contributed by atoms with van der Waals surface area (Å²) in [6, 6.07) is 5.00. The number of methoxy groups -OCH3 is 2. The summed E-state index contributed by atoms with van der Waals surface area (Å²) in [7, 11) is 2.54. The number of rotatable bonds is 6. The highest BCUT2D eigenvalue weighted by Gasteiger charge is 2.45. The summed E-state index contributed by atoms with van der Waals surface area (Å²) in [4.78, 5) is 13.0. The summed E-state index contributed by atoms with van der Waals surface area (Å²) in [5.74, 6) is -2.75. The van der Waals surface area contributed by atoms with Crippen LogP contribution in [-0.2, 0) is 4.74 Å². The zero-order chi connectivity index (χ0) is 26.3. The highest BCUT2D eigenvalue weighted by Crippen LogP contribution is 2.44. The Hall–Kier alpha value is -3.75. The molecule has 2 heterocycles. The standard InChI is InChI=1S/C23H24O13/c1-32-10-4-3-8(5-9(10)25)21-19(30)17(28)14-11(33-2)6-12(16(27)22(14)36-21)34-23-20(31)18(29)15(26)13(7-24)35-23/h3-6,13,15,18,20,23-27,29-31H,7H2,1-2H3/t13-,15-,18+,20-,23+/m1/s1. The SMILES string of the molecule is COc1ccc(-c2oc3c(O)c(O[C@H]4O[C@H](CO)[C@@H](O)[C@H](O)[C@H]4O)cc(OC)c3c(=O)c2O)cc1O. The molecule has 1 aliphatic heterocycles. The fraction of sp³-hybridized carbons (Fsp3) is 0.348. The number of fused-ring (bicyclic) bond motifs is 1. The van der Waals surface area contributed by atoms with Crippen molar-refractivity contribution in [3.63, 3.8) is 0 Å². The number of aliphatic hydroxyl groups is 4. The molecule has 13 nitrogen and oxygen atoms in total. The van der Waals surface area contributed by atoms with Crippen LogP contribution in [0.3, 0.4) is 0 Å². The zero-order valence-electron chi connectivity index (χ0n) is 19.0. The van der Waals surface area contributed by atoms with Crippen molar-refractivity contribution in [3.05, 3.63) is 34.5 Å². The maximum Gasteiger partial charge on any atom is 0.238 e. The summed E-state index contributed by atoms with van der Waals surface area (Å²) < 4.78 is 26.6. The second-order valence-electron chi connectivity index (χ2n) is 7.94. The third-order valence-electron chi connectivity index (χ3n) is 5.80. The first-order chi connectivity index (χ1) is 17.1. The number of aliphatic hydroxyl groups excluding tert-OH is 4. The van der Waals surface area contributed by atoms with Gasteiger partial charge in [-0.05, 0) is 18.2 Å². The van der Waals surface area contributed by atoms with Gasteiger partial charge in [0.05, 0.1) is 20.8 Å².